The fourth-order valence-electron chi connectivity index (χ4n) is 4.95. The lowest BCUT2D eigenvalue weighted by atomic mass is 9.86. The Kier molecular flexibility index (Phi) is 6.20. The average Bonchev–Trinajstić information content (AvgIpc) is 3.25. The molecule has 0 bridgehead atoms. The van der Waals surface area contributed by atoms with Crippen LogP contribution in [0.1, 0.15) is 43.1 Å². The SMILES string of the molecule is CC1=C(c2ccc(O)cc2)[C@H](c2ccc(OCCN3CC[C@H](C)C3)cc2)Oc2cc(O)ccc21. The number of rotatable bonds is 6. The molecule has 2 aliphatic heterocycles. The molecule has 0 radical (unpaired) electrons. The molecule has 2 heterocycles. The molecule has 0 aromatic heterocycles. The maximum Gasteiger partial charge on any atom is 0.150 e. The highest BCUT2D eigenvalue weighted by molar-refractivity contribution is 5.95. The van der Waals surface area contributed by atoms with Gasteiger partial charge < -0.3 is 19.7 Å². The van der Waals surface area contributed by atoms with E-state index in [4.69, 9.17) is 9.47 Å². The smallest absolute Gasteiger partial charge is 0.150 e. The summed E-state index contributed by atoms with van der Waals surface area (Å²) in [6.45, 7) is 8.32. The first-order valence-corrected chi connectivity index (χ1v) is 11.9. The molecule has 5 nitrogen and oxygen atoms in total. The quantitative estimate of drug-likeness (QED) is 0.484. The number of allylic oxidation sites excluding steroid dienone is 1. The van der Waals surface area contributed by atoms with Gasteiger partial charge in [-0.2, -0.15) is 0 Å². The molecule has 0 saturated carbocycles. The summed E-state index contributed by atoms with van der Waals surface area (Å²) in [6.07, 6.45) is 0.923. The van der Waals surface area contributed by atoms with Gasteiger partial charge >= 0.3 is 0 Å². The van der Waals surface area contributed by atoms with E-state index in [1.165, 1.54) is 6.42 Å². The van der Waals surface area contributed by atoms with Crippen LogP contribution in [0.15, 0.2) is 66.7 Å². The maximum atomic E-state index is 10.0. The van der Waals surface area contributed by atoms with Crippen molar-refractivity contribution in [2.45, 2.75) is 26.4 Å². The summed E-state index contributed by atoms with van der Waals surface area (Å²) in [5.74, 6) is 2.68. The summed E-state index contributed by atoms with van der Waals surface area (Å²) in [5, 5.41) is 19.8. The Bertz CT molecular complexity index is 1180. The Morgan fingerprint density at radius 3 is 2.41 bits per heavy atom. The number of nitrogens with zero attached hydrogens (tertiary/aromatic N) is 1. The second-order valence-electron chi connectivity index (χ2n) is 9.38. The zero-order chi connectivity index (χ0) is 23.7. The van der Waals surface area contributed by atoms with E-state index in [2.05, 4.69) is 18.7 Å². The van der Waals surface area contributed by atoms with Crippen molar-refractivity contribution in [3.8, 4) is 23.0 Å². The molecule has 2 N–H and O–H groups in total. The second-order valence-corrected chi connectivity index (χ2v) is 9.38. The number of phenols is 2. The van der Waals surface area contributed by atoms with E-state index in [0.717, 1.165) is 59.1 Å². The van der Waals surface area contributed by atoms with Crippen LogP contribution >= 0.6 is 0 Å². The van der Waals surface area contributed by atoms with Gasteiger partial charge in [-0.1, -0.05) is 31.2 Å². The molecule has 0 aliphatic carbocycles. The van der Waals surface area contributed by atoms with Crippen molar-refractivity contribution in [1.29, 1.82) is 0 Å². The molecule has 176 valence electrons. The Balaban J connectivity index is 1.39. The average molecular weight is 458 g/mol. The minimum absolute atomic E-state index is 0.175. The summed E-state index contributed by atoms with van der Waals surface area (Å²) in [6, 6.07) is 20.5. The Morgan fingerprint density at radius 2 is 1.71 bits per heavy atom. The molecule has 3 aromatic rings. The molecule has 1 saturated heterocycles. The van der Waals surface area contributed by atoms with Crippen LogP contribution in [0.3, 0.4) is 0 Å². The van der Waals surface area contributed by atoms with Crippen molar-refractivity contribution in [3.63, 3.8) is 0 Å². The Labute approximate surface area is 200 Å². The van der Waals surface area contributed by atoms with E-state index < -0.39 is 0 Å². The topological polar surface area (TPSA) is 62.2 Å². The van der Waals surface area contributed by atoms with Crippen LogP contribution < -0.4 is 9.47 Å². The van der Waals surface area contributed by atoms with Crippen molar-refractivity contribution in [3.05, 3.63) is 83.4 Å². The predicted octanol–water partition coefficient (Wildman–Crippen LogP) is 5.88. The third-order valence-electron chi connectivity index (χ3n) is 6.83. The second kappa shape index (κ2) is 9.43. The lowest BCUT2D eigenvalue weighted by molar-refractivity contribution is 0.233. The molecule has 2 atom stereocenters. The monoisotopic (exact) mass is 457 g/mol. The Hall–Kier alpha value is -3.44. The predicted molar refractivity (Wildman–Crippen MR) is 134 cm³/mol. The van der Waals surface area contributed by atoms with Gasteiger partial charge in [-0.05, 0) is 78.9 Å². The first kappa shape index (κ1) is 22.4. The van der Waals surface area contributed by atoms with Gasteiger partial charge in [0.2, 0.25) is 0 Å². The van der Waals surface area contributed by atoms with Crippen LogP contribution in [0, 0.1) is 5.92 Å². The number of aromatic hydroxyl groups is 2. The minimum Gasteiger partial charge on any atom is -0.508 e. The number of benzene rings is 3. The van der Waals surface area contributed by atoms with Gasteiger partial charge in [0.15, 0.2) is 0 Å². The third-order valence-corrected chi connectivity index (χ3v) is 6.83. The van der Waals surface area contributed by atoms with E-state index >= 15 is 0 Å². The van der Waals surface area contributed by atoms with Gasteiger partial charge in [-0.3, -0.25) is 4.90 Å². The summed E-state index contributed by atoms with van der Waals surface area (Å²) in [7, 11) is 0. The zero-order valence-corrected chi connectivity index (χ0v) is 19.7. The molecule has 2 aliphatic rings. The standard InChI is InChI=1S/C29H31NO4/c1-19-13-14-30(18-19)15-16-33-25-10-5-22(6-11-25)29-28(21-3-7-23(31)8-4-21)20(2)26-12-9-24(32)17-27(26)34-29/h3-12,17,19,29,31-32H,13-16,18H2,1-2H3/t19-,29-/m0/s1. The molecule has 3 aromatic carbocycles. The molecule has 1 fully saturated rings. The molecule has 5 rings (SSSR count). The van der Waals surface area contributed by atoms with E-state index in [0.29, 0.717) is 12.4 Å². The summed E-state index contributed by atoms with van der Waals surface area (Å²) < 4.78 is 12.4. The van der Waals surface area contributed by atoms with E-state index in [1.54, 1.807) is 24.3 Å². The molecule has 5 heteroatoms. The van der Waals surface area contributed by atoms with Crippen molar-refractivity contribution >= 4 is 11.1 Å². The van der Waals surface area contributed by atoms with Crippen LogP contribution in [0.4, 0.5) is 0 Å². The molecule has 0 spiro atoms. The van der Waals surface area contributed by atoms with Crippen LogP contribution in [0.2, 0.25) is 0 Å². The summed E-state index contributed by atoms with van der Waals surface area (Å²) in [4.78, 5) is 2.46. The van der Waals surface area contributed by atoms with E-state index in [1.807, 2.05) is 42.5 Å². The molecular weight excluding hydrogens is 426 g/mol. The maximum absolute atomic E-state index is 10.0. The Morgan fingerprint density at radius 1 is 0.971 bits per heavy atom. The van der Waals surface area contributed by atoms with Crippen LogP contribution in [0.5, 0.6) is 23.0 Å². The van der Waals surface area contributed by atoms with Crippen LogP contribution in [-0.2, 0) is 0 Å². The van der Waals surface area contributed by atoms with Gasteiger partial charge in [-0.25, -0.2) is 0 Å². The fraction of sp³-hybridized carbons (Fsp3) is 0.310. The van der Waals surface area contributed by atoms with Gasteiger partial charge in [0.05, 0.1) is 0 Å². The number of phenolic OH excluding ortho intramolecular Hbond substituents is 2. The van der Waals surface area contributed by atoms with Crippen molar-refractivity contribution in [2.75, 3.05) is 26.2 Å². The first-order chi connectivity index (χ1) is 16.5. The molecule has 0 unspecified atom stereocenters. The highest BCUT2D eigenvalue weighted by Crippen LogP contribution is 2.47. The first-order valence-electron chi connectivity index (χ1n) is 11.9. The zero-order valence-electron chi connectivity index (χ0n) is 19.7. The van der Waals surface area contributed by atoms with Crippen molar-refractivity contribution in [2.24, 2.45) is 5.92 Å². The summed E-state index contributed by atoms with van der Waals surface area (Å²) in [5.41, 5.74) is 5.05. The number of hydrogen-bond donors (Lipinski definition) is 2. The van der Waals surface area contributed by atoms with Gasteiger partial charge in [0, 0.05) is 30.3 Å². The van der Waals surface area contributed by atoms with Crippen LogP contribution in [0.25, 0.3) is 11.1 Å². The lowest BCUT2D eigenvalue weighted by Gasteiger charge is -2.31. The molecular formula is C29H31NO4. The van der Waals surface area contributed by atoms with Crippen LogP contribution in [-0.4, -0.2) is 41.4 Å². The third kappa shape index (κ3) is 4.62. The van der Waals surface area contributed by atoms with Gasteiger partial charge in [-0.15, -0.1) is 0 Å². The minimum atomic E-state index is -0.348. The number of likely N-dealkylation sites (tertiary alicyclic amines) is 1. The van der Waals surface area contributed by atoms with Gasteiger partial charge in [0.1, 0.15) is 35.7 Å². The molecule has 0 amide bonds. The van der Waals surface area contributed by atoms with Crippen molar-refractivity contribution < 1.29 is 19.7 Å². The normalized spacial score (nSPS) is 20.2. The lowest BCUT2D eigenvalue weighted by Crippen LogP contribution is -2.25. The van der Waals surface area contributed by atoms with E-state index in [9.17, 15) is 10.2 Å². The number of hydrogen-bond acceptors (Lipinski definition) is 5. The molecule has 34 heavy (non-hydrogen) atoms. The highest BCUT2D eigenvalue weighted by atomic mass is 16.5. The largest absolute Gasteiger partial charge is 0.508 e. The highest BCUT2D eigenvalue weighted by Gasteiger charge is 2.29. The van der Waals surface area contributed by atoms with Crippen molar-refractivity contribution in [1.82, 2.24) is 4.90 Å². The van der Waals surface area contributed by atoms with E-state index in [-0.39, 0.29) is 17.6 Å². The number of ether oxygens (including phenoxy) is 2. The number of fused-ring (bicyclic) bond motifs is 1. The van der Waals surface area contributed by atoms with Gasteiger partial charge in [0.25, 0.3) is 0 Å². The summed E-state index contributed by atoms with van der Waals surface area (Å²) >= 11 is 0. The fourth-order valence-corrected chi connectivity index (χ4v) is 4.95.